The van der Waals surface area contributed by atoms with Gasteiger partial charge in [0.2, 0.25) is 0 Å². The van der Waals surface area contributed by atoms with Crippen molar-refractivity contribution in [1.29, 1.82) is 0 Å². The number of aromatic nitrogens is 1. The van der Waals surface area contributed by atoms with E-state index in [-0.39, 0.29) is 17.9 Å². The van der Waals surface area contributed by atoms with Crippen molar-refractivity contribution in [2.24, 2.45) is 7.05 Å². The molecule has 0 saturated heterocycles. The number of nitrogens with one attached hydrogen (secondary N) is 1. The van der Waals surface area contributed by atoms with Crippen LogP contribution >= 0.6 is 0 Å². The second-order valence-electron chi connectivity index (χ2n) is 8.44. The van der Waals surface area contributed by atoms with Crippen LogP contribution in [0, 0.1) is 6.92 Å². The molecule has 0 spiro atoms. The zero-order valence-corrected chi connectivity index (χ0v) is 19.2. The Kier molecular flexibility index (Phi) is 6.63. The van der Waals surface area contributed by atoms with Crippen LogP contribution in [0.1, 0.15) is 38.4 Å². The van der Waals surface area contributed by atoms with Gasteiger partial charge in [-0.25, -0.2) is 0 Å². The molecule has 6 heteroatoms. The number of amides is 2. The number of fused-ring (bicyclic) bond motifs is 1. The van der Waals surface area contributed by atoms with Crippen LogP contribution in [-0.2, 0) is 13.5 Å². The van der Waals surface area contributed by atoms with Crippen LogP contribution in [-0.4, -0.2) is 40.9 Å². The predicted octanol–water partition coefficient (Wildman–Crippen LogP) is 4.58. The molecule has 1 unspecified atom stereocenters. The van der Waals surface area contributed by atoms with Gasteiger partial charge in [-0.2, -0.15) is 0 Å². The molecular weight excluding hydrogens is 414 g/mol. The highest BCUT2D eigenvalue weighted by atomic mass is 16.3. The first-order valence-corrected chi connectivity index (χ1v) is 11.1. The van der Waals surface area contributed by atoms with E-state index in [0.717, 1.165) is 22.1 Å². The molecular formula is C27H29N3O3. The van der Waals surface area contributed by atoms with E-state index in [1.54, 1.807) is 27.9 Å². The van der Waals surface area contributed by atoms with Gasteiger partial charge in [0.25, 0.3) is 11.8 Å². The van der Waals surface area contributed by atoms with Crippen LogP contribution in [0.2, 0.25) is 0 Å². The van der Waals surface area contributed by atoms with E-state index in [1.807, 2.05) is 63.6 Å². The summed E-state index contributed by atoms with van der Waals surface area (Å²) in [4.78, 5) is 27.7. The van der Waals surface area contributed by atoms with Gasteiger partial charge >= 0.3 is 0 Å². The second-order valence-corrected chi connectivity index (χ2v) is 8.44. The Labute approximate surface area is 193 Å². The summed E-state index contributed by atoms with van der Waals surface area (Å²) >= 11 is 0. The highest BCUT2D eigenvalue weighted by Crippen LogP contribution is 2.23. The van der Waals surface area contributed by atoms with Crippen molar-refractivity contribution < 1.29 is 14.0 Å². The summed E-state index contributed by atoms with van der Waals surface area (Å²) in [6.07, 6.45) is 4.89. The molecule has 4 rings (SSSR count). The van der Waals surface area contributed by atoms with E-state index in [2.05, 4.69) is 17.4 Å². The Morgan fingerprint density at radius 3 is 2.61 bits per heavy atom. The lowest BCUT2D eigenvalue weighted by atomic mass is 10.0. The lowest BCUT2D eigenvalue weighted by Gasteiger charge is -2.29. The number of hydrogen-bond acceptors (Lipinski definition) is 3. The van der Waals surface area contributed by atoms with Crippen LogP contribution in [0.4, 0.5) is 0 Å². The SMILES string of the molecule is Cc1coc2ccc(C(=O)N(C)C(CCNC(=O)c3cccn3C)Cc3ccccc3)cc12. The lowest BCUT2D eigenvalue weighted by molar-refractivity contribution is 0.0723. The Hall–Kier alpha value is -3.80. The first-order valence-electron chi connectivity index (χ1n) is 11.1. The summed E-state index contributed by atoms with van der Waals surface area (Å²) in [5, 5.41) is 3.94. The molecule has 4 aromatic rings. The molecule has 2 amide bonds. The summed E-state index contributed by atoms with van der Waals surface area (Å²) in [6.45, 7) is 2.44. The maximum Gasteiger partial charge on any atom is 0.267 e. The molecule has 0 aliphatic rings. The van der Waals surface area contributed by atoms with Crippen LogP contribution in [0.15, 0.2) is 77.5 Å². The third kappa shape index (κ3) is 5.00. The Morgan fingerprint density at radius 1 is 1.09 bits per heavy atom. The lowest BCUT2D eigenvalue weighted by Crippen LogP contribution is -2.41. The van der Waals surface area contributed by atoms with Gasteiger partial charge in [0, 0.05) is 43.8 Å². The van der Waals surface area contributed by atoms with Crippen molar-refractivity contribution in [1.82, 2.24) is 14.8 Å². The van der Waals surface area contributed by atoms with E-state index in [0.29, 0.717) is 30.6 Å². The number of likely N-dealkylation sites (N-methyl/N-ethyl adjacent to an activating group) is 1. The molecule has 0 aliphatic carbocycles. The highest BCUT2D eigenvalue weighted by Gasteiger charge is 2.23. The largest absolute Gasteiger partial charge is 0.464 e. The third-order valence-electron chi connectivity index (χ3n) is 6.14. The van der Waals surface area contributed by atoms with Crippen LogP contribution in [0.3, 0.4) is 0 Å². The molecule has 0 aliphatic heterocycles. The summed E-state index contributed by atoms with van der Waals surface area (Å²) < 4.78 is 7.31. The van der Waals surface area contributed by atoms with E-state index in [4.69, 9.17) is 4.42 Å². The average molecular weight is 444 g/mol. The van der Waals surface area contributed by atoms with Gasteiger partial charge in [-0.15, -0.1) is 0 Å². The fraction of sp³-hybridized carbons (Fsp3) is 0.259. The number of aryl methyl sites for hydroxylation is 2. The summed E-state index contributed by atoms with van der Waals surface area (Å²) in [5.41, 5.74) is 4.17. The molecule has 2 heterocycles. The molecule has 1 atom stereocenters. The minimum atomic E-state index is -0.115. The molecule has 170 valence electrons. The average Bonchev–Trinajstić information content (AvgIpc) is 3.43. The van der Waals surface area contributed by atoms with E-state index in [1.165, 1.54) is 0 Å². The first-order chi connectivity index (χ1) is 15.9. The van der Waals surface area contributed by atoms with Crippen LogP contribution < -0.4 is 5.32 Å². The van der Waals surface area contributed by atoms with Gasteiger partial charge in [-0.1, -0.05) is 30.3 Å². The standard InChI is InChI=1S/C27H29N3O3/c1-19-18-33-25-12-11-21(17-23(19)25)27(32)30(3)22(16-20-8-5-4-6-9-20)13-14-28-26(31)24-10-7-15-29(24)2/h4-12,15,17-18,22H,13-14,16H2,1-3H3,(H,28,31). The minimum Gasteiger partial charge on any atom is -0.464 e. The van der Waals surface area contributed by atoms with Crippen molar-refractivity contribution in [3.8, 4) is 0 Å². The minimum absolute atomic E-state index is 0.0489. The third-order valence-corrected chi connectivity index (χ3v) is 6.14. The molecule has 0 fully saturated rings. The van der Waals surface area contributed by atoms with Gasteiger partial charge in [0.1, 0.15) is 11.3 Å². The Balaban J connectivity index is 1.49. The number of rotatable bonds is 8. The zero-order chi connectivity index (χ0) is 23.4. The Bertz CT molecular complexity index is 1260. The van der Waals surface area contributed by atoms with Crippen molar-refractivity contribution in [3.63, 3.8) is 0 Å². The van der Waals surface area contributed by atoms with Crippen molar-refractivity contribution in [2.75, 3.05) is 13.6 Å². The quantitative estimate of drug-likeness (QED) is 0.433. The van der Waals surface area contributed by atoms with Crippen molar-refractivity contribution >= 4 is 22.8 Å². The summed E-state index contributed by atoms with van der Waals surface area (Å²) in [6, 6.07) is 19.2. The number of benzene rings is 2. The fourth-order valence-electron chi connectivity index (χ4n) is 4.12. The first kappa shape index (κ1) is 22.4. The number of carbonyl (C=O) groups is 2. The van der Waals surface area contributed by atoms with Gasteiger partial charge in [-0.3, -0.25) is 9.59 Å². The number of furan rings is 1. The normalized spacial score (nSPS) is 12.0. The molecule has 0 bridgehead atoms. The maximum absolute atomic E-state index is 13.4. The topological polar surface area (TPSA) is 67.5 Å². The van der Waals surface area contributed by atoms with E-state index in [9.17, 15) is 9.59 Å². The van der Waals surface area contributed by atoms with Gasteiger partial charge < -0.3 is 19.2 Å². The molecule has 2 aromatic carbocycles. The zero-order valence-electron chi connectivity index (χ0n) is 19.2. The van der Waals surface area contributed by atoms with Gasteiger partial charge in [0.15, 0.2) is 0 Å². The number of carbonyl (C=O) groups excluding carboxylic acids is 2. The molecule has 2 aromatic heterocycles. The predicted molar refractivity (Wildman–Crippen MR) is 129 cm³/mol. The molecule has 1 N–H and O–H groups in total. The van der Waals surface area contributed by atoms with Crippen molar-refractivity contribution in [3.05, 3.63) is 95.5 Å². The Morgan fingerprint density at radius 2 is 1.88 bits per heavy atom. The fourth-order valence-corrected chi connectivity index (χ4v) is 4.12. The molecule has 0 saturated carbocycles. The van der Waals surface area contributed by atoms with Crippen molar-refractivity contribution in [2.45, 2.75) is 25.8 Å². The molecule has 6 nitrogen and oxygen atoms in total. The summed E-state index contributed by atoms with van der Waals surface area (Å²) in [7, 11) is 3.68. The van der Waals surface area contributed by atoms with Crippen LogP contribution in [0.5, 0.6) is 0 Å². The number of nitrogens with zero attached hydrogens (tertiary/aromatic N) is 2. The smallest absolute Gasteiger partial charge is 0.267 e. The molecule has 33 heavy (non-hydrogen) atoms. The van der Waals surface area contributed by atoms with Crippen LogP contribution in [0.25, 0.3) is 11.0 Å². The molecule has 0 radical (unpaired) electrons. The monoisotopic (exact) mass is 443 g/mol. The highest BCUT2D eigenvalue weighted by molar-refractivity contribution is 5.98. The maximum atomic E-state index is 13.4. The van der Waals surface area contributed by atoms with E-state index < -0.39 is 0 Å². The summed E-state index contributed by atoms with van der Waals surface area (Å²) in [5.74, 6) is -0.164. The van der Waals surface area contributed by atoms with Gasteiger partial charge in [0.05, 0.1) is 6.26 Å². The second kappa shape index (κ2) is 9.77. The number of hydrogen-bond donors (Lipinski definition) is 1. The van der Waals surface area contributed by atoms with Gasteiger partial charge in [-0.05, 0) is 61.2 Å². The van der Waals surface area contributed by atoms with E-state index >= 15 is 0 Å².